The molecule has 0 unspecified atom stereocenters. The van der Waals surface area contributed by atoms with Crippen molar-refractivity contribution in [3.8, 4) is 23.0 Å². The smallest absolute Gasteiger partial charge is 0.308 e. The molecule has 124 valence electrons. The Bertz CT molecular complexity index is 541. The van der Waals surface area contributed by atoms with Crippen LogP contribution in [0.25, 0.3) is 0 Å². The van der Waals surface area contributed by atoms with E-state index in [-0.39, 0.29) is 17.6 Å². The molecule has 0 radical (unpaired) electrons. The lowest BCUT2D eigenvalue weighted by Gasteiger charge is -2.27. The van der Waals surface area contributed by atoms with Crippen LogP contribution >= 0.6 is 0 Å². The number of phenolic OH excluding ortho intramolecular Hbond substituents is 1. The molecule has 1 N–H and O–H groups in total. The zero-order valence-corrected chi connectivity index (χ0v) is 14.4. The van der Waals surface area contributed by atoms with Crippen molar-refractivity contribution in [2.45, 2.75) is 60.0 Å². The van der Waals surface area contributed by atoms with Crippen molar-refractivity contribution in [3.63, 3.8) is 0 Å². The van der Waals surface area contributed by atoms with Crippen LogP contribution in [0.5, 0.6) is 23.0 Å². The predicted octanol–water partition coefficient (Wildman–Crippen LogP) is 3.80. The van der Waals surface area contributed by atoms with E-state index in [4.69, 9.17) is 14.2 Å². The number of carbonyl (C=O) groups excluding carboxylic acids is 1. The summed E-state index contributed by atoms with van der Waals surface area (Å²) in [6.45, 7) is 13.1. The van der Waals surface area contributed by atoms with E-state index in [0.29, 0.717) is 23.7 Å². The number of rotatable bonds is 5. The van der Waals surface area contributed by atoms with Crippen molar-refractivity contribution in [2.24, 2.45) is 0 Å². The molecule has 22 heavy (non-hydrogen) atoms. The van der Waals surface area contributed by atoms with Gasteiger partial charge in [-0.25, -0.2) is 0 Å². The SMILES string of the molecule is CCOc1cc(O)c(C(C)(C)C)c(OC(C)C)c1OC(C)=O. The van der Waals surface area contributed by atoms with Crippen molar-refractivity contribution < 1.29 is 24.1 Å². The standard InChI is InChI=1S/C17H26O5/c1-8-20-13-9-12(19)14(17(5,6)7)16(21-10(2)3)15(13)22-11(4)18/h9-10,19H,8H2,1-7H3. The molecule has 1 aromatic rings. The minimum absolute atomic E-state index is 0.0579. The van der Waals surface area contributed by atoms with E-state index in [1.54, 1.807) is 0 Å². The highest BCUT2D eigenvalue weighted by Gasteiger charge is 2.30. The maximum Gasteiger partial charge on any atom is 0.308 e. The molecule has 0 heterocycles. The molecule has 0 bridgehead atoms. The lowest BCUT2D eigenvalue weighted by atomic mass is 9.85. The molecule has 0 aliphatic carbocycles. The van der Waals surface area contributed by atoms with Gasteiger partial charge >= 0.3 is 5.97 Å². The molecule has 5 nitrogen and oxygen atoms in total. The first-order chi connectivity index (χ1) is 10.1. The van der Waals surface area contributed by atoms with Crippen LogP contribution in [0, 0.1) is 0 Å². The van der Waals surface area contributed by atoms with Crippen LogP contribution in [0.1, 0.15) is 54.0 Å². The van der Waals surface area contributed by atoms with E-state index in [9.17, 15) is 9.90 Å². The summed E-state index contributed by atoms with van der Waals surface area (Å²) in [5, 5.41) is 10.4. The van der Waals surface area contributed by atoms with E-state index in [2.05, 4.69) is 0 Å². The van der Waals surface area contributed by atoms with E-state index < -0.39 is 11.4 Å². The number of carbonyl (C=O) groups is 1. The predicted molar refractivity (Wildman–Crippen MR) is 85.0 cm³/mol. The fourth-order valence-corrected chi connectivity index (χ4v) is 2.18. The van der Waals surface area contributed by atoms with Crippen LogP contribution in [0.3, 0.4) is 0 Å². The van der Waals surface area contributed by atoms with Crippen LogP contribution in [0.4, 0.5) is 0 Å². The van der Waals surface area contributed by atoms with Gasteiger partial charge in [0.15, 0.2) is 11.5 Å². The quantitative estimate of drug-likeness (QED) is 0.662. The summed E-state index contributed by atoms with van der Waals surface area (Å²) in [5.41, 5.74) is 0.189. The Morgan fingerprint density at radius 3 is 2.27 bits per heavy atom. The first-order valence-corrected chi connectivity index (χ1v) is 7.46. The molecule has 0 saturated heterocycles. The number of hydrogen-bond acceptors (Lipinski definition) is 5. The molecular formula is C17H26O5. The fourth-order valence-electron chi connectivity index (χ4n) is 2.18. The minimum Gasteiger partial charge on any atom is -0.507 e. The molecule has 0 spiro atoms. The fraction of sp³-hybridized carbons (Fsp3) is 0.588. The molecular weight excluding hydrogens is 284 g/mol. The Balaban J connectivity index is 3.67. The molecule has 0 aliphatic heterocycles. The molecule has 0 fully saturated rings. The zero-order valence-electron chi connectivity index (χ0n) is 14.4. The highest BCUT2D eigenvalue weighted by Crippen LogP contribution is 2.50. The van der Waals surface area contributed by atoms with Crippen LogP contribution < -0.4 is 14.2 Å². The van der Waals surface area contributed by atoms with Gasteiger partial charge in [0.25, 0.3) is 0 Å². The Labute approximate surface area is 132 Å². The molecule has 0 aliphatic rings. The van der Waals surface area contributed by atoms with E-state index in [0.717, 1.165) is 0 Å². The molecule has 0 aromatic heterocycles. The zero-order chi connectivity index (χ0) is 17.1. The molecule has 1 aromatic carbocycles. The Morgan fingerprint density at radius 2 is 1.86 bits per heavy atom. The van der Waals surface area contributed by atoms with Gasteiger partial charge in [-0.05, 0) is 26.2 Å². The number of ether oxygens (including phenoxy) is 3. The Morgan fingerprint density at radius 1 is 1.27 bits per heavy atom. The second-order valence-electron chi connectivity index (χ2n) is 6.37. The summed E-state index contributed by atoms with van der Waals surface area (Å²) in [4.78, 5) is 11.5. The molecule has 1 rings (SSSR count). The second-order valence-corrected chi connectivity index (χ2v) is 6.37. The summed E-state index contributed by atoms with van der Waals surface area (Å²) in [7, 11) is 0. The maximum absolute atomic E-state index is 11.5. The third-order valence-electron chi connectivity index (χ3n) is 2.83. The number of hydrogen-bond donors (Lipinski definition) is 1. The first kappa shape index (κ1) is 18.1. The third kappa shape index (κ3) is 4.29. The Kier molecular flexibility index (Phi) is 5.69. The van der Waals surface area contributed by atoms with Crippen LogP contribution in [-0.4, -0.2) is 23.8 Å². The summed E-state index contributed by atoms with van der Waals surface area (Å²) in [6, 6.07) is 1.47. The van der Waals surface area contributed by atoms with Crippen molar-refractivity contribution in [1.82, 2.24) is 0 Å². The highest BCUT2D eigenvalue weighted by atomic mass is 16.6. The summed E-state index contributed by atoms with van der Waals surface area (Å²) >= 11 is 0. The second kappa shape index (κ2) is 6.90. The summed E-state index contributed by atoms with van der Waals surface area (Å²) in [5.74, 6) is 0.438. The topological polar surface area (TPSA) is 65.0 Å². The van der Waals surface area contributed by atoms with Gasteiger partial charge in [0.2, 0.25) is 5.75 Å². The van der Waals surface area contributed by atoms with Gasteiger partial charge in [0.05, 0.1) is 12.7 Å². The van der Waals surface area contributed by atoms with Gasteiger partial charge in [-0.2, -0.15) is 0 Å². The maximum atomic E-state index is 11.5. The summed E-state index contributed by atoms with van der Waals surface area (Å²) < 4.78 is 16.7. The van der Waals surface area contributed by atoms with Crippen LogP contribution in [0.2, 0.25) is 0 Å². The lowest BCUT2D eigenvalue weighted by molar-refractivity contribution is -0.132. The van der Waals surface area contributed by atoms with Gasteiger partial charge < -0.3 is 19.3 Å². The van der Waals surface area contributed by atoms with E-state index >= 15 is 0 Å². The average Bonchev–Trinajstić information content (AvgIpc) is 2.31. The van der Waals surface area contributed by atoms with Gasteiger partial charge in [-0.3, -0.25) is 4.79 Å². The van der Waals surface area contributed by atoms with Crippen molar-refractivity contribution in [1.29, 1.82) is 0 Å². The molecule has 0 amide bonds. The van der Waals surface area contributed by atoms with Gasteiger partial charge in [0, 0.05) is 18.6 Å². The van der Waals surface area contributed by atoms with E-state index in [1.165, 1.54) is 13.0 Å². The van der Waals surface area contributed by atoms with Crippen LogP contribution in [0.15, 0.2) is 6.07 Å². The number of phenols is 1. The average molecular weight is 310 g/mol. The lowest BCUT2D eigenvalue weighted by Crippen LogP contribution is -2.18. The van der Waals surface area contributed by atoms with Crippen molar-refractivity contribution >= 4 is 5.97 Å². The van der Waals surface area contributed by atoms with Crippen LogP contribution in [-0.2, 0) is 10.2 Å². The monoisotopic (exact) mass is 310 g/mol. The number of esters is 1. The number of aromatic hydroxyl groups is 1. The largest absolute Gasteiger partial charge is 0.507 e. The third-order valence-corrected chi connectivity index (χ3v) is 2.83. The minimum atomic E-state index is -0.472. The normalized spacial score (nSPS) is 11.5. The van der Waals surface area contributed by atoms with Gasteiger partial charge in [-0.1, -0.05) is 20.8 Å². The molecule has 5 heteroatoms. The van der Waals surface area contributed by atoms with Crippen molar-refractivity contribution in [3.05, 3.63) is 11.6 Å². The first-order valence-electron chi connectivity index (χ1n) is 7.46. The van der Waals surface area contributed by atoms with Gasteiger partial charge in [0.1, 0.15) is 5.75 Å². The summed E-state index contributed by atoms with van der Waals surface area (Å²) in [6.07, 6.45) is -0.147. The number of benzene rings is 1. The Hall–Kier alpha value is -1.91. The molecule has 0 saturated carbocycles. The van der Waals surface area contributed by atoms with Crippen molar-refractivity contribution in [2.75, 3.05) is 6.61 Å². The highest BCUT2D eigenvalue weighted by molar-refractivity contribution is 5.74. The van der Waals surface area contributed by atoms with Gasteiger partial charge in [-0.15, -0.1) is 0 Å². The van der Waals surface area contributed by atoms with E-state index in [1.807, 2.05) is 41.5 Å². The molecule has 0 atom stereocenters.